The van der Waals surface area contributed by atoms with Crippen molar-refractivity contribution in [2.45, 2.75) is 51.1 Å². The number of nitrogens with two attached hydrogens (primary N) is 1. The van der Waals surface area contributed by atoms with Crippen molar-refractivity contribution >= 4 is 12.0 Å². The summed E-state index contributed by atoms with van der Waals surface area (Å²) in [5.41, 5.74) is 5.19. The van der Waals surface area contributed by atoms with Gasteiger partial charge in [-0.25, -0.2) is 4.79 Å². The number of hydrogen-bond acceptors (Lipinski definition) is 3. The minimum absolute atomic E-state index is 0.0196. The molecule has 2 amide bonds. The van der Waals surface area contributed by atoms with E-state index in [1.54, 1.807) is 11.8 Å². The Morgan fingerprint density at radius 2 is 2.05 bits per heavy atom. The minimum Gasteiger partial charge on any atom is -0.481 e. The standard InChI is InChI=1S/C13H23N3O3/c1-13(11(17)18)6-7-16(8-13)12(19)15-10-5-3-2-4-9(10)14/h9-10H,2-8,14H2,1H3,(H,15,19)(H,17,18). The van der Waals surface area contributed by atoms with E-state index in [0.717, 1.165) is 25.7 Å². The van der Waals surface area contributed by atoms with Crippen LogP contribution in [0.25, 0.3) is 0 Å². The van der Waals surface area contributed by atoms with Crippen LogP contribution in [0.5, 0.6) is 0 Å². The lowest BCUT2D eigenvalue weighted by atomic mass is 9.90. The van der Waals surface area contributed by atoms with Crippen molar-refractivity contribution < 1.29 is 14.7 Å². The molecule has 2 fully saturated rings. The van der Waals surface area contributed by atoms with E-state index in [2.05, 4.69) is 5.32 Å². The summed E-state index contributed by atoms with van der Waals surface area (Å²) in [6.45, 7) is 2.46. The number of aliphatic carboxylic acids is 1. The Balaban J connectivity index is 1.89. The zero-order valence-electron chi connectivity index (χ0n) is 11.4. The van der Waals surface area contributed by atoms with Crippen LogP contribution in [0.2, 0.25) is 0 Å². The first-order valence-corrected chi connectivity index (χ1v) is 6.97. The Kier molecular flexibility index (Phi) is 3.99. The Morgan fingerprint density at radius 3 is 2.63 bits per heavy atom. The Labute approximate surface area is 113 Å². The molecular weight excluding hydrogens is 246 g/mol. The van der Waals surface area contributed by atoms with Gasteiger partial charge in [-0.05, 0) is 26.2 Å². The highest BCUT2D eigenvalue weighted by molar-refractivity contribution is 5.79. The lowest BCUT2D eigenvalue weighted by molar-refractivity contribution is -0.147. The zero-order chi connectivity index (χ0) is 14.0. The number of hydrogen-bond donors (Lipinski definition) is 3. The smallest absolute Gasteiger partial charge is 0.317 e. The number of amides is 2. The molecule has 3 unspecified atom stereocenters. The molecule has 1 heterocycles. The van der Waals surface area contributed by atoms with E-state index in [1.165, 1.54) is 0 Å². The predicted molar refractivity (Wildman–Crippen MR) is 70.7 cm³/mol. The van der Waals surface area contributed by atoms with Crippen LogP contribution < -0.4 is 11.1 Å². The van der Waals surface area contributed by atoms with Gasteiger partial charge < -0.3 is 21.1 Å². The third kappa shape index (κ3) is 3.00. The van der Waals surface area contributed by atoms with Gasteiger partial charge in [-0.15, -0.1) is 0 Å². The van der Waals surface area contributed by atoms with Gasteiger partial charge in [-0.3, -0.25) is 4.79 Å². The first-order valence-electron chi connectivity index (χ1n) is 6.97. The van der Waals surface area contributed by atoms with Gasteiger partial charge in [0.25, 0.3) is 0 Å². The van der Waals surface area contributed by atoms with Crippen LogP contribution in [0.15, 0.2) is 0 Å². The molecule has 0 bridgehead atoms. The van der Waals surface area contributed by atoms with Gasteiger partial charge in [0.05, 0.1) is 5.41 Å². The number of carboxylic acid groups (broad SMARTS) is 1. The molecule has 3 atom stereocenters. The quantitative estimate of drug-likeness (QED) is 0.689. The van der Waals surface area contributed by atoms with Gasteiger partial charge in [0.15, 0.2) is 0 Å². The topological polar surface area (TPSA) is 95.7 Å². The second-order valence-electron chi connectivity index (χ2n) is 6.04. The average Bonchev–Trinajstić information content (AvgIpc) is 2.76. The van der Waals surface area contributed by atoms with Crippen molar-refractivity contribution in [2.24, 2.45) is 11.1 Å². The molecule has 0 aromatic carbocycles. The molecule has 2 rings (SSSR count). The van der Waals surface area contributed by atoms with Crippen molar-refractivity contribution in [2.75, 3.05) is 13.1 Å². The van der Waals surface area contributed by atoms with Crippen LogP contribution >= 0.6 is 0 Å². The van der Waals surface area contributed by atoms with Gasteiger partial charge in [0.1, 0.15) is 0 Å². The fourth-order valence-electron chi connectivity index (χ4n) is 2.90. The van der Waals surface area contributed by atoms with E-state index in [-0.39, 0.29) is 24.7 Å². The number of rotatable bonds is 2. The maximum absolute atomic E-state index is 12.1. The van der Waals surface area contributed by atoms with E-state index in [4.69, 9.17) is 10.8 Å². The fraction of sp³-hybridized carbons (Fsp3) is 0.846. The van der Waals surface area contributed by atoms with Crippen LogP contribution in [0.1, 0.15) is 39.0 Å². The SMILES string of the molecule is CC1(C(=O)O)CCN(C(=O)NC2CCCCC2N)C1. The number of carboxylic acids is 1. The summed E-state index contributed by atoms with van der Waals surface area (Å²) < 4.78 is 0. The first kappa shape index (κ1) is 14.1. The van der Waals surface area contributed by atoms with Gasteiger partial charge in [0, 0.05) is 25.2 Å². The Morgan fingerprint density at radius 1 is 1.37 bits per heavy atom. The van der Waals surface area contributed by atoms with Crippen LogP contribution in [0.4, 0.5) is 4.79 Å². The van der Waals surface area contributed by atoms with Gasteiger partial charge in [-0.1, -0.05) is 12.8 Å². The van der Waals surface area contributed by atoms with Crippen molar-refractivity contribution in [3.8, 4) is 0 Å². The maximum atomic E-state index is 12.1. The molecule has 6 heteroatoms. The molecule has 1 saturated carbocycles. The molecule has 0 aromatic rings. The lowest BCUT2D eigenvalue weighted by Crippen LogP contribution is -2.53. The third-order valence-corrected chi connectivity index (χ3v) is 4.41. The molecule has 0 aromatic heterocycles. The van der Waals surface area contributed by atoms with Gasteiger partial charge >= 0.3 is 12.0 Å². The summed E-state index contributed by atoms with van der Waals surface area (Å²) in [6.07, 6.45) is 4.57. The number of nitrogens with zero attached hydrogens (tertiary/aromatic N) is 1. The molecule has 2 aliphatic rings. The normalized spacial score (nSPS) is 35.2. The molecule has 1 aliphatic carbocycles. The molecule has 0 radical (unpaired) electrons. The second kappa shape index (κ2) is 5.36. The Hall–Kier alpha value is -1.30. The van der Waals surface area contributed by atoms with Crippen LogP contribution in [-0.4, -0.2) is 47.2 Å². The summed E-state index contributed by atoms with van der Waals surface area (Å²) in [5.74, 6) is -0.836. The van der Waals surface area contributed by atoms with E-state index in [0.29, 0.717) is 13.0 Å². The summed E-state index contributed by atoms with van der Waals surface area (Å²) in [6, 6.07) is -0.128. The highest BCUT2D eigenvalue weighted by Crippen LogP contribution is 2.30. The molecule has 1 saturated heterocycles. The average molecular weight is 269 g/mol. The number of urea groups is 1. The number of nitrogens with one attached hydrogen (secondary N) is 1. The van der Waals surface area contributed by atoms with Crippen molar-refractivity contribution in [3.05, 3.63) is 0 Å². The zero-order valence-corrected chi connectivity index (χ0v) is 11.4. The predicted octanol–water partition coefficient (Wildman–Crippen LogP) is 0.763. The highest BCUT2D eigenvalue weighted by Gasteiger charge is 2.42. The van der Waals surface area contributed by atoms with E-state index >= 15 is 0 Å². The van der Waals surface area contributed by atoms with Crippen molar-refractivity contribution in [1.82, 2.24) is 10.2 Å². The molecule has 6 nitrogen and oxygen atoms in total. The van der Waals surface area contributed by atoms with Crippen LogP contribution in [-0.2, 0) is 4.79 Å². The lowest BCUT2D eigenvalue weighted by Gasteiger charge is -2.31. The van der Waals surface area contributed by atoms with Crippen molar-refractivity contribution in [1.29, 1.82) is 0 Å². The molecule has 1 aliphatic heterocycles. The summed E-state index contributed by atoms with van der Waals surface area (Å²) in [7, 11) is 0. The van der Waals surface area contributed by atoms with Gasteiger partial charge in [-0.2, -0.15) is 0 Å². The molecule has 108 valence electrons. The number of carbonyl (C=O) groups is 2. The van der Waals surface area contributed by atoms with E-state index in [9.17, 15) is 9.59 Å². The largest absolute Gasteiger partial charge is 0.481 e. The maximum Gasteiger partial charge on any atom is 0.317 e. The van der Waals surface area contributed by atoms with E-state index < -0.39 is 11.4 Å². The molecule has 19 heavy (non-hydrogen) atoms. The minimum atomic E-state index is -0.836. The summed E-state index contributed by atoms with van der Waals surface area (Å²) >= 11 is 0. The summed E-state index contributed by atoms with van der Waals surface area (Å²) in [5, 5.41) is 12.1. The third-order valence-electron chi connectivity index (χ3n) is 4.41. The highest BCUT2D eigenvalue weighted by atomic mass is 16.4. The monoisotopic (exact) mass is 269 g/mol. The van der Waals surface area contributed by atoms with Gasteiger partial charge in [0.2, 0.25) is 0 Å². The van der Waals surface area contributed by atoms with Crippen LogP contribution in [0.3, 0.4) is 0 Å². The van der Waals surface area contributed by atoms with E-state index in [1.807, 2.05) is 0 Å². The van der Waals surface area contributed by atoms with Crippen molar-refractivity contribution in [3.63, 3.8) is 0 Å². The summed E-state index contributed by atoms with van der Waals surface area (Å²) in [4.78, 5) is 24.9. The fourth-order valence-corrected chi connectivity index (χ4v) is 2.90. The molecular formula is C13H23N3O3. The van der Waals surface area contributed by atoms with Crippen LogP contribution in [0, 0.1) is 5.41 Å². The number of carbonyl (C=O) groups excluding carboxylic acids is 1. The second-order valence-corrected chi connectivity index (χ2v) is 6.04. The Bertz CT molecular complexity index is 374. The molecule has 0 spiro atoms. The number of likely N-dealkylation sites (tertiary alicyclic amines) is 1. The molecule has 4 N–H and O–H groups in total. The first-order chi connectivity index (χ1) is 8.92.